The molecule has 122 valence electrons. The van der Waals surface area contributed by atoms with E-state index < -0.39 is 5.97 Å². The molecule has 1 amide bonds. The van der Waals surface area contributed by atoms with Crippen LogP contribution in [0.2, 0.25) is 5.02 Å². The van der Waals surface area contributed by atoms with Crippen LogP contribution < -0.4 is 5.32 Å². The summed E-state index contributed by atoms with van der Waals surface area (Å²) in [6, 6.07) is 6.77. The number of carbonyl (C=O) groups is 2. The SMILES string of the molecule is CC(=O)Nc1nc(COC(=O)c2ccc(Cl)c3cccnc23)cs1. The van der Waals surface area contributed by atoms with Crippen molar-refractivity contribution >= 4 is 50.8 Å². The minimum Gasteiger partial charge on any atom is -0.455 e. The standard InChI is InChI=1S/C16H12ClN3O3S/c1-9(21)19-16-20-10(8-24-16)7-23-15(22)12-4-5-13(17)11-3-2-6-18-14(11)12/h2-6,8H,7H2,1H3,(H,19,20,21). The van der Waals surface area contributed by atoms with Crippen molar-refractivity contribution in [1.29, 1.82) is 0 Å². The maximum atomic E-state index is 12.3. The fourth-order valence-corrected chi connectivity index (χ4v) is 3.06. The zero-order valence-corrected chi connectivity index (χ0v) is 14.1. The van der Waals surface area contributed by atoms with Gasteiger partial charge in [0.1, 0.15) is 6.61 Å². The van der Waals surface area contributed by atoms with Crippen LogP contribution in [0.3, 0.4) is 0 Å². The van der Waals surface area contributed by atoms with Gasteiger partial charge in [-0.1, -0.05) is 11.6 Å². The second-order valence-electron chi connectivity index (χ2n) is 4.90. The first kappa shape index (κ1) is 16.4. The van der Waals surface area contributed by atoms with Gasteiger partial charge in [-0.15, -0.1) is 11.3 Å². The largest absolute Gasteiger partial charge is 0.455 e. The quantitative estimate of drug-likeness (QED) is 0.717. The number of hydrogen-bond donors (Lipinski definition) is 1. The maximum absolute atomic E-state index is 12.3. The predicted molar refractivity (Wildman–Crippen MR) is 92.3 cm³/mol. The first-order valence-electron chi connectivity index (χ1n) is 6.97. The molecular formula is C16H12ClN3O3S. The van der Waals surface area contributed by atoms with Gasteiger partial charge in [-0.25, -0.2) is 9.78 Å². The summed E-state index contributed by atoms with van der Waals surface area (Å²) < 4.78 is 5.29. The van der Waals surface area contributed by atoms with Crippen LogP contribution in [0, 0.1) is 0 Å². The fourth-order valence-electron chi connectivity index (χ4n) is 2.10. The number of fused-ring (bicyclic) bond motifs is 1. The molecule has 0 saturated carbocycles. The van der Waals surface area contributed by atoms with E-state index in [4.69, 9.17) is 16.3 Å². The van der Waals surface area contributed by atoms with E-state index >= 15 is 0 Å². The van der Waals surface area contributed by atoms with E-state index in [0.29, 0.717) is 32.3 Å². The first-order valence-corrected chi connectivity index (χ1v) is 8.22. The number of halogens is 1. The number of esters is 1. The highest BCUT2D eigenvalue weighted by Gasteiger charge is 2.15. The lowest BCUT2D eigenvalue weighted by Gasteiger charge is -2.07. The van der Waals surface area contributed by atoms with Gasteiger partial charge in [0, 0.05) is 23.9 Å². The molecule has 1 aromatic carbocycles. The van der Waals surface area contributed by atoms with Gasteiger partial charge >= 0.3 is 5.97 Å². The number of hydrogen-bond acceptors (Lipinski definition) is 6. The minimum atomic E-state index is -0.510. The Hall–Kier alpha value is -2.51. The van der Waals surface area contributed by atoms with Gasteiger partial charge in [0.05, 0.1) is 21.8 Å². The van der Waals surface area contributed by atoms with Crippen molar-refractivity contribution in [3.8, 4) is 0 Å². The Labute approximate surface area is 146 Å². The Balaban J connectivity index is 1.75. The van der Waals surface area contributed by atoms with Gasteiger partial charge < -0.3 is 10.1 Å². The number of rotatable bonds is 4. The van der Waals surface area contributed by atoms with E-state index in [-0.39, 0.29) is 12.5 Å². The van der Waals surface area contributed by atoms with E-state index in [1.807, 2.05) is 0 Å². The van der Waals surface area contributed by atoms with Gasteiger partial charge in [-0.05, 0) is 24.3 Å². The Morgan fingerprint density at radius 2 is 2.17 bits per heavy atom. The number of amides is 1. The average Bonchev–Trinajstić information content (AvgIpc) is 3.00. The molecule has 0 aliphatic heterocycles. The monoisotopic (exact) mass is 361 g/mol. The van der Waals surface area contributed by atoms with Crippen LogP contribution in [0.5, 0.6) is 0 Å². The summed E-state index contributed by atoms with van der Waals surface area (Å²) in [5.41, 5.74) is 1.39. The second-order valence-corrected chi connectivity index (χ2v) is 6.16. The molecule has 0 saturated heterocycles. The van der Waals surface area contributed by atoms with Gasteiger partial charge in [-0.3, -0.25) is 9.78 Å². The van der Waals surface area contributed by atoms with E-state index in [9.17, 15) is 9.59 Å². The maximum Gasteiger partial charge on any atom is 0.340 e. The average molecular weight is 362 g/mol. The van der Waals surface area contributed by atoms with Crippen molar-refractivity contribution in [3.05, 3.63) is 52.1 Å². The highest BCUT2D eigenvalue weighted by atomic mass is 35.5. The summed E-state index contributed by atoms with van der Waals surface area (Å²) in [5.74, 6) is -0.712. The Morgan fingerprint density at radius 1 is 1.33 bits per heavy atom. The Bertz CT molecular complexity index is 926. The third-order valence-electron chi connectivity index (χ3n) is 3.12. The highest BCUT2D eigenvalue weighted by molar-refractivity contribution is 7.13. The minimum absolute atomic E-state index is 0.00582. The molecular weight excluding hydrogens is 350 g/mol. The number of pyridine rings is 1. The van der Waals surface area contributed by atoms with Crippen molar-refractivity contribution in [1.82, 2.24) is 9.97 Å². The molecule has 0 atom stereocenters. The predicted octanol–water partition coefficient (Wildman–Crippen LogP) is 3.66. The molecule has 3 rings (SSSR count). The summed E-state index contributed by atoms with van der Waals surface area (Å²) >= 11 is 7.38. The number of nitrogens with zero attached hydrogens (tertiary/aromatic N) is 2. The normalized spacial score (nSPS) is 10.6. The summed E-state index contributed by atoms with van der Waals surface area (Å²) in [6.45, 7) is 1.41. The summed E-state index contributed by atoms with van der Waals surface area (Å²) in [4.78, 5) is 31.7. The number of thiazole rings is 1. The molecule has 24 heavy (non-hydrogen) atoms. The molecule has 0 aliphatic carbocycles. The molecule has 1 N–H and O–H groups in total. The van der Waals surface area contributed by atoms with Crippen molar-refractivity contribution in [3.63, 3.8) is 0 Å². The van der Waals surface area contributed by atoms with E-state index in [0.717, 1.165) is 0 Å². The van der Waals surface area contributed by atoms with Crippen LogP contribution >= 0.6 is 22.9 Å². The number of nitrogens with one attached hydrogen (secondary N) is 1. The summed E-state index contributed by atoms with van der Waals surface area (Å²) in [5, 5.41) is 5.97. The highest BCUT2D eigenvalue weighted by Crippen LogP contribution is 2.25. The molecule has 0 unspecified atom stereocenters. The number of anilines is 1. The lowest BCUT2D eigenvalue weighted by atomic mass is 10.1. The van der Waals surface area contributed by atoms with Gasteiger partial charge in [0.2, 0.25) is 5.91 Å². The van der Waals surface area contributed by atoms with Gasteiger partial charge in [-0.2, -0.15) is 0 Å². The van der Waals surface area contributed by atoms with Crippen LogP contribution in [0.15, 0.2) is 35.8 Å². The fraction of sp³-hybridized carbons (Fsp3) is 0.125. The third kappa shape index (κ3) is 3.52. The van der Waals surface area contributed by atoms with E-state index in [2.05, 4.69) is 15.3 Å². The molecule has 0 fully saturated rings. The van der Waals surface area contributed by atoms with Crippen LogP contribution in [-0.4, -0.2) is 21.8 Å². The lowest BCUT2D eigenvalue weighted by molar-refractivity contribution is -0.114. The summed E-state index contributed by atoms with van der Waals surface area (Å²) in [7, 11) is 0. The van der Waals surface area contributed by atoms with Crippen LogP contribution in [0.25, 0.3) is 10.9 Å². The van der Waals surface area contributed by atoms with E-state index in [1.54, 1.807) is 35.8 Å². The Kier molecular flexibility index (Phi) is 4.73. The number of aromatic nitrogens is 2. The first-order chi connectivity index (χ1) is 11.5. The topological polar surface area (TPSA) is 81.2 Å². The molecule has 3 aromatic rings. The smallest absolute Gasteiger partial charge is 0.340 e. The lowest BCUT2D eigenvalue weighted by Crippen LogP contribution is -2.08. The van der Waals surface area contributed by atoms with Crippen molar-refractivity contribution in [2.45, 2.75) is 13.5 Å². The number of ether oxygens (including phenoxy) is 1. The molecule has 8 heteroatoms. The molecule has 0 aliphatic rings. The molecule has 0 bridgehead atoms. The number of benzene rings is 1. The molecule has 0 spiro atoms. The van der Waals surface area contributed by atoms with E-state index in [1.165, 1.54) is 18.3 Å². The molecule has 6 nitrogen and oxygen atoms in total. The Morgan fingerprint density at radius 3 is 2.96 bits per heavy atom. The number of carbonyl (C=O) groups excluding carboxylic acids is 2. The molecule has 2 aromatic heterocycles. The molecule has 0 radical (unpaired) electrons. The zero-order chi connectivity index (χ0) is 17.1. The zero-order valence-electron chi connectivity index (χ0n) is 12.6. The van der Waals surface area contributed by atoms with Gasteiger partial charge in [0.15, 0.2) is 5.13 Å². The van der Waals surface area contributed by atoms with Crippen LogP contribution in [-0.2, 0) is 16.1 Å². The van der Waals surface area contributed by atoms with Crippen molar-refractivity contribution in [2.75, 3.05) is 5.32 Å². The second kappa shape index (κ2) is 6.94. The third-order valence-corrected chi connectivity index (χ3v) is 4.26. The van der Waals surface area contributed by atoms with Crippen LogP contribution in [0.1, 0.15) is 23.0 Å². The summed E-state index contributed by atoms with van der Waals surface area (Å²) in [6.07, 6.45) is 1.59. The van der Waals surface area contributed by atoms with Crippen molar-refractivity contribution in [2.24, 2.45) is 0 Å². The van der Waals surface area contributed by atoms with Crippen LogP contribution in [0.4, 0.5) is 5.13 Å². The van der Waals surface area contributed by atoms with Gasteiger partial charge in [0.25, 0.3) is 0 Å². The van der Waals surface area contributed by atoms with Crippen molar-refractivity contribution < 1.29 is 14.3 Å². The molecule has 2 heterocycles.